The van der Waals surface area contributed by atoms with E-state index in [2.05, 4.69) is 9.97 Å². The smallest absolute Gasteiger partial charge is 0.245 e. The second-order valence-electron chi connectivity index (χ2n) is 5.18. The summed E-state index contributed by atoms with van der Waals surface area (Å²) in [5.41, 5.74) is 0.555. The van der Waals surface area contributed by atoms with Crippen molar-refractivity contribution in [1.29, 1.82) is 0 Å². The van der Waals surface area contributed by atoms with Crippen LogP contribution in [0, 0.1) is 5.92 Å². The topological polar surface area (TPSA) is 86.3 Å². The highest BCUT2D eigenvalue weighted by atomic mass is 32.2. The molecule has 3 heterocycles. The molecule has 1 saturated heterocycles. The van der Waals surface area contributed by atoms with Crippen LogP contribution in [0.3, 0.4) is 0 Å². The molecule has 2 aromatic heterocycles. The van der Waals surface area contributed by atoms with Crippen molar-refractivity contribution in [2.75, 3.05) is 13.2 Å². The van der Waals surface area contributed by atoms with Gasteiger partial charge in [-0.3, -0.25) is 0 Å². The quantitative estimate of drug-likeness (QED) is 0.883. The molecule has 3 rings (SSSR count). The molecule has 7 heteroatoms. The number of H-pyrrole nitrogens is 1. The molecule has 108 valence electrons. The van der Waals surface area contributed by atoms with Crippen molar-refractivity contribution in [3.8, 4) is 0 Å². The lowest BCUT2D eigenvalue weighted by Gasteiger charge is -2.24. The van der Waals surface area contributed by atoms with Crippen molar-refractivity contribution in [2.45, 2.75) is 24.3 Å². The van der Waals surface area contributed by atoms with Crippen LogP contribution in [0.2, 0.25) is 0 Å². The van der Waals surface area contributed by atoms with E-state index >= 15 is 0 Å². The SMILES string of the molecule is CC1CCN(S(=O)(=O)c2c[nH]c3ncccc23)C1CO. The Balaban J connectivity index is 2.08. The summed E-state index contributed by atoms with van der Waals surface area (Å²) in [5, 5.41) is 10.0. The second kappa shape index (κ2) is 4.83. The van der Waals surface area contributed by atoms with Gasteiger partial charge in [0.25, 0.3) is 0 Å². The summed E-state index contributed by atoms with van der Waals surface area (Å²) in [5.74, 6) is 0.165. The Bertz CT molecular complexity index is 725. The van der Waals surface area contributed by atoms with Crippen LogP contribution in [0.25, 0.3) is 11.0 Å². The summed E-state index contributed by atoms with van der Waals surface area (Å²) >= 11 is 0. The zero-order chi connectivity index (χ0) is 14.3. The molecule has 0 amide bonds. The molecule has 1 aliphatic heterocycles. The van der Waals surface area contributed by atoms with Crippen LogP contribution >= 0.6 is 0 Å². The van der Waals surface area contributed by atoms with Gasteiger partial charge < -0.3 is 10.1 Å². The number of nitrogens with one attached hydrogen (secondary N) is 1. The number of sulfonamides is 1. The minimum Gasteiger partial charge on any atom is -0.395 e. The number of aliphatic hydroxyl groups excluding tert-OH is 1. The van der Waals surface area contributed by atoms with Gasteiger partial charge >= 0.3 is 0 Å². The number of rotatable bonds is 3. The van der Waals surface area contributed by atoms with E-state index in [9.17, 15) is 13.5 Å². The zero-order valence-electron chi connectivity index (χ0n) is 11.2. The summed E-state index contributed by atoms with van der Waals surface area (Å²) in [6.45, 7) is 2.26. The van der Waals surface area contributed by atoms with Crippen LogP contribution in [0.5, 0.6) is 0 Å². The maximum Gasteiger partial charge on any atom is 0.245 e. The lowest BCUT2D eigenvalue weighted by Crippen LogP contribution is -2.39. The van der Waals surface area contributed by atoms with Crippen LogP contribution in [0.4, 0.5) is 0 Å². The van der Waals surface area contributed by atoms with E-state index in [0.29, 0.717) is 17.6 Å². The average Bonchev–Trinajstić information content (AvgIpc) is 3.02. The molecule has 0 aromatic carbocycles. The van der Waals surface area contributed by atoms with Crippen molar-refractivity contribution in [3.05, 3.63) is 24.5 Å². The van der Waals surface area contributed by atoms with Crippen LogP contribution in [0.1, 0.15) is 13.3 Å². The van der Waals surface area contributed by atoms with Crippen LogP contribution in [-0.2, 0) is 10.0 Å². The summed E-state index contributed by atoms with van der Waals surface area (Å²) in [6.07, 6.45) is 3.86. The van der Waals surface area contributed by atoms with E-state index in [0.717, 1.165) is 6.42 Å². The van der Waals surface area contributed by atoms with Crippen molar-refractivity contribution in [1.82, 2.24) is 14.3 Å². The molecule has 1 aliphatic rings. The summed E-state index contributed by atoms with van der Waals surface area (Å²) in [4.78, 5) is 7.22. The number of nitrogens with zero attached hydrogens (tertiary/aromatic N) is 2. The first-order valence-corrected chi connectivity index (χ1v) is 8.04. The molecule has 0 saturated carbocycles. The molecule has 2 N–H and O–H groups in total. The fourth-order valence-electron chi connectivity index (χ4n) is 2.81. The van der Waals surface area contributed by atoms with Crippen LogP contribution in [0.15, 0.2) is 29.4 Å². The first-order chi connectivity index (χ1) is 9.55. The highest BCUT2D eigenvalue weighted by Gasteiger charge is 2.40. The molecule has 6 nitrogen and oxygen atoms in total. The third-order valence-electron chi connectivity index (χ3n) is 4.02. The predicted octanol–water partition coefficient (Wildman–Crippen LogP) is 0.954. The molecule has 20 heavy (non-hydrogen) atoms. The molecule has 0 spiro atoms. The number of hydrogen-bond acceptors (Lipinski definition) is 4. The fourth-order valence-corrected chi connectivity index (χ4v) is 4.69. The summed E-state index contributed by atoms with van der Waals surface area (Å²) in [7, 11) is -3.61. The number of aromatic amines is 1. The molecule has 2 aromatic rings. The van der Waals surface area contributed by atoms with E-state index in [1.807, 2.05) is 6.92 Å². The monoisotopic (exact) mass is 295 g/mol. The molecule has 0 radical (unpaired) electrons. The van der Waals surface area contributed by atoms with Gasteiger partial charge in [0.2, 0.25) is 10.0 Å². The van der Waals surface area contributed by atoms with Crippen molar-refractivity contribution >= 4 is 21.1 Å². The van der Waals surface area contributed by atoms with Gasteiger partial charge in [0, 0.05) is 24.3 Å². The Morgan fingerprint density at radius 3 is 3.10 bits per heavy atom. The number of fused-ring (bicyclic) bond motifs is 1. The minimum absolute atomic E-state index is 0.152. The Morgan fingerprint density at radius 2 is 2.35 bits per heavy atom. The molecule has 2 atom stereocenters. The van der Waals surface area contributed by atoms with Gasteiger partial charge in [-0.2, -0.15) is 4.31 Å². The molecule has 2 unspecified atom stereocenters. The molecule has 0 aliphatic carbocycles. The first-order valence-electron chi connectivity index (χ1n) is 6.60. The fraction of sp³-hybridized carbons (Fsp3) is 0.462. The highest BCUT2D eigenvalue weighted by molar-refractivity contribution is 7.89. The van der Waals surface area contributed by atoms with Gasteiger partial charge in [0.15, 0.2) is 0 Å². The van der Waals surface area contributed by atoms with Gasteiger partial charge in [-0.15, -0.1) is 0 Å². The maximum absolute atomic E-state index is 12.8. The van der Waals surface area contributed by atoms with Gasteiger partial charge in [0.1, 0.15) is 10.5 Å². The number of aromatic nitrogens is 2. The van der Waals surface area contributed by atoms with E-state index < -0.39 is 10.0 Å². The van der Waals surface area contributed by atoms with Gasteiger partial charge in [0.05, 0.1) is 12.6 Å². The van der Waals surface area contributed by atoms with Crippen LogP contribution < -0.4 is 0 Å². The maximum atomic E-state index is 12.8. The van der Waals surface area contributed by atoms with Crippen molar-refractivity contribution < 1.29 is 13.5 Å². The number of pyridine rings is 1. The lowest BCUT2D eigenvalue weighted by atomic mass is 10.0. The molecular formula is C13H17N3O3S. The third kappa shape index (κ3) is 1.93. The number of hydrogen-bond donors (Lipinski definition) is 2. The number of aliphatic hydroxyl groups is 1. The van der Waals surface area contributed by atoms with Crippen molar-refractivity contribution in [3.63, 3.8) is 0 Å². The van der Waals surface area contributed by atoms with E-state index in [1.165, 1.54) is 10.5 Å². The lowest BCUT2D eigenvalue weighted by molar-refractivity contribution is 0.191. The highest BCUT2D eigenvalue weighted by Crippen LogP contribution is 2.32. The second-order valence-corrected chi connectivity index (χ2v) is 7.04. The minimum atomic E-state index is -3.61. The third-order valence-corrected chi connectivity index (χ3v) is 5.98. The predicted molar refractivity (Wildman–Crippen MR) is 74.6 cm³/mol. The first kappa shape index (κ1) is 13.5. The summed E-state index contributed by atoms with van der Waals surface area (Å²) in [6, 6.07) is 3.10. The standard InChI is InChI=1S/C13H17N3O3S/c1-9-4-6-16(11(9)8-17)20(18,19)12-7-15-13-10(12)3-2-5-14-13/h2-3,5,7,9,11,17H,4,6,8H2,1H3,(H,14,15). The molecule has 0 bridgehead atoms. The zero-order valence-corrected chi connectivity index (χ0v) is 12.0. The normalized spacial score (nSPS) is 24.5. The summed E-state index contributed by atoms with van der Waals surface area (Å²) < 4.78 is 27.0. The molecular weight excluding hydrogens is 278 g/mol. The Hall–Kier alpha value is -1.44. The van der Waals surface area contributed by atoms with Gasteiger partial charge in [-0.1, -0.05) is 6.92 Å². The Labute approximate surface area is 117 Å². The van der Waals surface area contributed by atoms with E-state index in [4.69, 9.17) is 0 Å². The Morgan fingerprint density at radius 1 is 1.55 bits per heavy atom. The van der Waals surface area contributed by atoms with Gasteiger partial charge in [-0.25, -0.2) is 13.4 Å². The van der Waals surface area contributed by atoms with Gasteiger partial charge in [-0.05, 0) is 24.5 Å². The van der Waals surface area contributed by atoms with Crippen molar-refractivity contribution in [2.24, 2.45) is 5.92 Å². The van der Waals surface area contributed by atoms with Crippen LogP contribution in [-0.4, -0.2) is 47.0 Å². The van der Waals surface area contributed by atoms with E-state index in [-0.39, 0.29) is 23.5 Å². The largest absolute Gasteiger partial charge is 0.395 e. The average molecular weight is 295 g/mol. The molecule has 1 fully saturated rings. The van der Waals surface area contributed by atoms with E-state index in [1.54, 1.807) is 18.3 Å². The Kier molecular flexibility index (Phi) is 3.27.